The fourth-order valence-corrected chi connectivity index (χ4v) is 1.55. The van der Waals surface area contributed by atoms with Crippen molar-refractivity contribution in [2.75, 3.05) is 19.7 Å². The van der Waals surface area contributed by atoms with Gasteiger partial charge in [-0.2, -0.15) is 0 Å². The number of aliphatic hydroxyl groups excluding tert-OH is 1. The molecule has 0 aromatic heterocycles. The standard InChI is InChI=1S/C10H17N3O2/c1-8-4-10(15)13(7-8)9(5-11)6-12-2-3-14/h5-6,8,14H,2-4,7,11H2,1H3/b9-5+,12-6?. The summed E-state index contributed by atoms with van der Waals surface area (Å²) in [7, 11) is 0. The van der Waals surface area contributed by atoms with Crippen molar-refractivity contribution in [1.29, 1.82) is 0 Å². The Labute approximate surface area is 89.3 Å². The van der Waals surface area contributed by atoms with Gasteiger partial charge in [0.15, 0.2) is 0 Å². The molecule has 1 unspecified atom stereocenters. The number of hydrogen-bond acceptors (Lipinski definition) is 4. The van der Waals surface area contributed by atoms with Crippen molar-refractivity contribution >= 4 is 12.1 Å². The van der Waals surface area contributed by atoms with Crippen LogP contribution in [0.3, 0.4) is 0 Å². The zero-order chi connectivity index (χ0) is 11.3. The summed E-state index contributed by atoms with van der Waals surface area (Å²) in [6.07, 6.45) is 3.47. The first kappa shape index (κ1) is 11.7. The number of likely N-dealkylation sites (tertiary alicyclic amines) is 1. The van der Waals surface area contributed by atoms with Crippen molar-refractivity contribution in [3.63, 3.8) is 0 Å². The first-order valence-corrected chi connectivity index (χ1v) is 5.02. The van der Waals surface area contributed by atoms with E-state index in [9.17, 15) is 4.79 Å². The Bertz CT molecular complexity index is 286. The van der Waals surface area contributed by atoms with Crippen LogP contribution in [0.1, 0.15) is 13.3 Å². The third-order valence-corrected chi connectivity index (χ3v) is 2.25. The molecule has 0 aromatic rings. The van der Waals surface area contributed by atoms with Gasteiger partial charge in [-0.1, -0.05) is 6.92 Å². The van der Waals surface area contributed by atoms with E-state index in [0.29, 0.717) is 31.1 Å². The van der Waals surface area contributed by atoms with E-state index in [1.165, 1.54) is 12.4 Å². The zero-order valence-electron chi connectivity index (χ0n) is 8.89. The smallest absolute Gasteiger partial charge is 0.227 e. The van der Waals surface area contributed by atoms with Crippen LogP contribution < -0.4 is 5.73 Å². The highest BCUT2D eigenvalue weighted by molar-refractivity contribution is 5.89. The van der Waals surface area contributed by atoms with Crippen LogP contribution in [0, 0.1) is 5.92 Å². The molecule has 0 bridgehead atoms. The van der Waals surface area contributed by atoms with E-state index < -0.39 is 0 Å². The second kappa shape index (κ2) is 5.50. The van der Waals surface area contributed by atoms with Crippen molar-refractivity contribution in [3.8, 4) is 0 Å². The van der Waals surface area contributed by atoms with Crippen LogP contribution >= 0.6 is 0 Å². The molecule has 84 valence electrons. The quantitative estimate of drug-likeness (QED) is 0.628. The summed E-state index contributed by atoms with van der Waals surface area (Å²) in [5.74, 6) is 0.438. The lowest BCUT2D eigenvalue weighted by atomic mass is 10.2. The molecule has 0 saturated carbocycles. The summed E-state index contributed by atoms with van der Waals surface area (Å²) in [5.41, 5.74) is 6.04. The van der Waals surface area contributed by atoms with Crippen molar-refractivity contribution < 1.29 is 9.90 Å². The first-order chi connectivity index (χ1) is 7.19. The predicted molar refractivity (Wildman–Crippen MR) is 58.2 cm³/mol. The van der Waals surface area contributed by atoms with Crippen molar-refractivity contribution in [3.05, 3.63) is 11.9 Å². The van der Waals surface area contributed by atoms with E-state index >= 15 is 0 Å². The van der Waals surface area contributed by atoms with Gasteiger partial charge in [0.2, 0.25) is 5.91 Å². The van der Waals surface area contributed by atoms with E-state index in [1.54, 1.807) is 4.90 Å². The summed E-state index contributed by atoms with van der Waals surface area (Å²) in [6.45, 7) is 3.04. The highest BCUT2D eigenvalue weighted by atomic mass is 16.3. The van der Waals surface area contributed by atoms with Gasteiger partial charge in [0.1, 0.15) is 0 Å². The van der Waals surface area contributed by atoms with Gasteiger partial charge >= 0.3 is 0 Å². The molecule has 1 atom stereocenters. The predicted octanol–water partition coefficient (Wildman–Crippen LogP) is -0.282. The molecule has 0 aromatic carbocycles. The molecule has 15 heavy (non-hydrogen) atoms. The van der Waals surface area contributed by atoms with Gasteiger partial charge in [0.05, 0.1) is 18.8 Å². The molecule has 1 aliphatic heterocycles. The maximum absolute atomic E-state index is 11.5. The fourth-order valence-electron chi connectivity index (χ4n) is 1.55. The molecule has 1 heterocycles. The molecule has 0 spiro atoms. The second-order valence-electron chi connectivity index (χ2n) is 3.66. The van der Waals surface area contributed by atoms with E-state index in [2.05, 4.69) is 4.99 Å². The maximum atomic E-state index is 11.5. The van der Waals surface area contributed by atoms with Gasteiger partial charge in [-0.05, 0) is 5.92 Å². The van der Waals surface area contributed by atoms with Crippen molar-refractivity contribution in [2.45, 2.75) is 13.3 Å². The molecule has 5 heteroatoms. The highest BCUT2D eigenvalue weighted by Crippen LogP contribution is 2.19. The molecule has 1 saturated heterocycles. The number of hydrogen-bond donors (Lipinski definition) is 2. The number of rotatable bonds is 4. The summed E-state index contributed by atoms with van der Waals surface area (Å²) < 4.78 is 0. The van der Waals surface area contributed by atoms with E-state index in [4.69, 9.17) is 10.8 Å². The van der Waals surface area contributed by atoms with Crippen LogP contribution in [0.25, 0.3) is 0 Å². The molecule has 1 amide bonds. The lowest BCUT2D eigenvalue weighted by Gasteiger charge is -2.15. The highest BCUT2D eigenvalue weighted by Gasteiger charge is 2.28. The van der Waals surface area contributed by atoms with E-state index in [1.807, 2.05) is 6.92 Å². The molecular formula is C10H17N3O2. The fraction of sp³-hybridized carbons (Fsp3) is 0.600. The molecule has 1 rings (SSSR count). The molecule has 1 aliphatic rings. The summed E-state index contributed by atoms with van der Waals surface area (Å²) >= 11 is 0. The van der Waals surface area contributed by atoms with Crippen LogP contribution in [-0.2, 0) is 4.79 Å². The number of nitrogens with two attached hydrogens (primary N) is 1. The zero-order valence-corrected chi connectivity index (χ0v) is 8.89. The molecule has 0 radical (unpaired) electrons. The van der Waals surface area contributed by atoms with E-state index in [0.717, 1.165) is 0 Å². The minimum Gasteiger partial charge on any atom is -0.403 e. The molecular weight excluding hydrogens is 194 g/mol. The Morgan fingerprint density at radius 1 is 1.80 bits per heavy atom. The molecule has 5 nitrogen and oxygen atoms in total. The topological polar surface area (TPSA) is 78.9 Å². The van der Waals surface area contributed by atoms with Gasteiger partial charge in [-0.25, -0.2) is 0 Å². The number of allylic oxidation sites excluding steroid dienone is 1. The SMILES string of the molecule is CC1CC(=O)N(/C(C=NCCO)=C/N)C1. The monoisotopic (exact) mass is 211 g/mol. The van der Waals surface area contributed by atoms with Gasteiger partial charge in [0.25, 0.3) is 0 Å². The number of aliphatic imine (C=N–C) groups is 1. The van der Waals surface area contributed by atoms with Crippen LogP contribution in [0.15, 0.2) is 16.9 Å². The number of carbonyl (C=O) groups excluding carboxylic acids is 1. The number of nitrogens with zero attached hydrogens (tertiary/aromatic N) is 2. The van der Waals surface area contributed by atoms with Crippen LogP contribution in [0.4, 0.5) is 0 Å². The van der Waals surface area contributed by atoms with Crippen LogP contribution in [0.2, 0.25) is 0 Å². The van der Waals surface area contributed by atoms with Crippen molar-refractivity contribution in [2.24, 2.45) is 16.6 Å². The summed E-state index contributed by atoms with van der Waals surface area (Å²) in [4.78, 5) is 17.1. The van der Waals surface area contributed by atoms with E-state index in [-0.39, 0.29) is 12.5 Å². The Hall–Kier alpha value is -1.36. The third-order valence-electron chi connectivity index (χ3n) is 2.25. The van der Waals surface area contributed by atoms with Crippen LogP contribution in [0.5, 0.6) is 0 Å². The van der Waals surface area contributed by atoms with Crippen molar-refractivity contribution in [1.82, 2.24) is 4.90 Å². The maximum Gasteiger partial charge on any atom is 0.227 e. The first-order valence-electron chi connectivity index (χ1n) is 5.02. The Morgan fingerprint density at radius 3 is 3.00 bits per heavy atom. The van der Waals surface area contributed by atoms with Gasteiger partial charge in [-0.3, -0.25) is 9.79 Å². The average Bonchev–Trinajstić information content (AvgIpc) is 2.53. The Kier molecular flexibility index (Phi) is 4.30. The number of amides is 1. The molecule has 3 N–H and O–H groups in total. The third kappa shape index (κ3) is 3.06. The Morgan fingerprint density at radius 2 is 2.53 bits per heavy atom. The largest absolute Gasteiger partial charge is 0.403 e. The van der Waals surface area contributed by atoms with Gasteiger partial charge < -0.3 is 15.7 Å². The summed E-state index contributed by atoms with van der Waals surface area (Å²) in [6, 6.07) is 0. The van der Waals surface area contributed by atoms with Gasteiger partial charge in [-0.15, -0.1) is 0 Å². The number of carbonyl (C=O) groups is 1. The molecule has 0 aliphatic carbocycles. The average molecular weight is 211 g/mol. The molecule has 1 fully saturated rings. The van der Waals surface area contributed by atoms with Gasteiger partial charge in [0, 0.05) is 25.4 Å². The normalized spacial score (nSPS) is 23.1. The minimum absolute atomic E-state index is 0.00129. The number of aliphatic hydroxyl groups is 1. The lowest BCUT2D eigenvalue weighted by Crippen LogP contribution is -2.26. The minimum atomic E-state index is -0.00129. The van der Waals surface area contributed by atoms with Crippen LogP contribution in [-0.4, -0.2) is 41.8 Å². The summed E-state index contributed by atoms with van der Waals surface area (Å²) in [5, 5.41) is 8.57. The second-order valence-corrected chi connectivity index (χ2v) is 3.66. The lowest BCUT2D eigenvalue weighted by molar-refractivity contribution is -0.125. The Balaban J connectivity index is 2.64.